The molecule has 2 aromatic carbocycles. The van der Waals surface area contributed by atoms with Crippen LogP contribution in [0.3, 0.4) is 0 Å². The monoisotopic (exact) mass is 485 g/mol. The van der Waals surface area contributed by atoms with Gasteiger partial charge in [-0.3, -0.25) is 9.78 Å². The van der Waals surface area contributed by atoms with Crippen molar-refractivity contribution in [2.24, 2.45) is 0 Å². The number of para-hydroxylation sites is 1. The lowest BCUT2D eigenvalue weighted by Gasteiger charge is -2.28. The van der Waals surface area contributed by atoms with Crippen molar-refractivity contribution >= 4 is 28.9 Å². The Kier molecular flexibility index (Phi) is 6.54. The normalized spacial score (nSPS) is 17.3. The molecule has 1 amide bonds. The Labute approximate surface area is 208 Å². The van der Waals surface area contributed by atoms with Gasteiger partial charge in [0.05, 0.1) is 17.8 Å². The molecule has 3 heterocycles. The first-order valence-corrected chi connectivity index (χ1v) is 11.8. The summed E-state index contributed by atoms with van der Waals surface area (Å²) in [7, 11) is 0. The Balaban J connectivity index is 1.45. The van der Waals surface area contributed by atoms with Crippen molar-refractivity contribution < 1.29 is 9.18 Å². The van der Waals surface area contributed by atoms with Crippen molar-refractivity contribution in [1.29, 1.82) is 0 Å². The molecule has 2 aromatic heterocycles. The highest BCUT2D eigenvalue weighted by Gasteiger charge is 2.41. The van der Waals surface area contributed by atoms with Crippen LogP contribution in [0.15, 0.2) is 97.3 Å². The van der Waals surface area contributed by atoms with E-state index in [1.807, 2.05) is 76.3 Å². The van der Waals surface area contributed by atoms with E-state index in [9.17, 15) is 9.18 Å². The molecule has 1 fully saturated rings. The number of amides is 1. The Hall–Kier alpha value is -4.04. The maximum Gasteiger partial charge on any atom is 0.226 e. The third-order valence-corrected chi connectivity index (χ3v) is 6.38. The van der Waals surface area contributed by atoms with Crippen molar-refractivity contribution in [3.8, 4) is 5.69 Å². The van der Waals surface area contributed by atoms with E-state index < -0.39 is 0 Å². The first-order valence-electron chi connectivity index (χ1n) is 11.4. The van der Waals surface area contributed by atoms with Gasteiger partial charge in [0.2, 0.25) is 5.91 Å². The molecule has 8 heteroatoms. The number of halogens is 1. The molecule has 4 aromatic rings. The number of carbonyl (C=O) groups excluding carboxylic acids is 1. The summed E-state index contributed by atoms with van der Waals surface area (Å²) in [5.41, 5.74) is 3.41. The highest BCUT2D eigenvalue weighted by molar-refractivity contribution is 7.80. The number of rotatable bonds is 7. The van der Waals surface area contributed by atoms with Crippen LogP contribution >= 0.6 is 12.2 Å². The molecule has 0 spiro atoms. The molecule has 5 rings (SSSR count). The van der Waals surface area contributed by atoms with Crippen molar-refractivity contribution in [2.75, 3.05) is 11.9 Å². The number of nitrogens with zero attached hydrogens (tertiary/aromatic N) is 3. The van der Waals surface area contributed by atoms with E-state index >= 15 is 0 Å². The molecule has 1 saturated heterocycles. The molecule has 6 nitrogen and oxygen atoms in total. The lowest BCUT2D eigenvalue weighted by molar-refractivity contribution is -0.116. The molecule has 35 heavy (non-hydrogen) atoms. The van der Waals surface area contributed by atoms with Crippen molar-refractivity contribution in [3.63, 3.8) is 0 Å². The fraction of sp³-hybridized carbons (Fsp3) is 0.148. The van der Waals surface area contributed by atoms with Gasteiger partial charge < -0.3 is 20.1 Å². The van der Waals surface area contributed by atoms with Crippen LogP contribution in [0, 0.1) is 5.82 Å². The zero-order chi connectivity index (χ0) is 24.2. The minimum absolute atomic E-state index is 0.0899. The van der Waals surface area contributed by atoms with Gasteiger partial charge in [-0.1, -0.05) is 24.3 Å². The Morgan fingerprint density at radius 2 is 1.77 bits per heavy atom. The molecule has 0 saturated carbocycles. The second-order valence-corrected chi connectivity index (χ2v) is 8.65. The predicted molar refractivity (Wildman–Crippen MR) is 138 cm³/mol. The van der Waals surface area contributed by atoms with Crippen LogP contribution in [-0.4, -0.2) is 32.0 Å². The van der Waals surface area contributed by atoms with Gasteiger partial charge in [0.25, 0.3) is 0 Å². The van der Waals surface area contributed by atoms with Crippen LogP contribution in [0.25, 0.3) is 5.69 Å². The van der Waals surface area contributed by atoms with E-state index in [2.05, 4.69) is 15.6 Å². The minimum atomic E-state index is -0.288. The third kappa shape index (κ3) is 4.93. The summed E-state index contributed by atoms with van der Waals surface area (Å²) >= 11 is 5.72. The molecule has 2 atom stereocenters. The number of pyridine rings is 1. The number of benzene rings is 2. The summed E-state index contributed by atoms with van der Waals surface area (Å²) in [6.07, 6.45) is 3.96. The first-order chi connectivity index (χ1) is 17.1. The van der Waals surface area contributed by atoms with Crippen LogP contribution < -0.4 is 10.6 Å². The largest absolute Gasteiger partial charge is 0.352 e. The number of carbonyl (C=O) groups is 1. The Bertz CT molecular complexity index is 1310. The zero-order valence-electron chi connectivity index (χ0n) is 18.8. The number of anilines is 1. The molecular formula is C27H24FN5OS. The van der Waals surface area contributed by atoms with E-state index in [1.54, 1.807) is 18.3 Å². The average Bonchev–Trinajstić information content (AvgIpc) is 3.48. The average molecular weight is 486 g/mol. The molecule has 0 aliphatic carbocycles. The molecule has 1 aliphatic heterocycles. The number of thiocarbonyl (C=S) groups is 1. The lowest BCUT2D eigenvalue weighted by Crippen LogP contribution is -2.33. The van der Waals surface area contributed by atoms with E-state index in [4.69, 9.17) is 12.2 Å². The summed E-state index contributed by atoms with van der Waals surface area (Å²) in [6, 6.07) is 25.1. The number of nitrogens with one attached hydrogen (secondary N) is 2. The molecular weight excluding hydrogens is 461 g/mol. The zero-order valence-corrected chi connectivity index (χ0v) is 19.7. The van der Waals surface area contributed by atoms with Gasteiger partial charge in [0, 0.05) is 42.4 Å². The summed E-state index contributed by atoms with van der Waals surface area (Å²) in [5, 5.41) is 6.90. The van der Waals surface area contributed by atoms with Crippen molar-refractivity contribution in [2.45, 2.75) is 18.5 Å². The molecule has 176 valence electrons. The van der Waals surface area contributed by atoms with Crippen LogP contribution in [0.4, 0.5) is 10.1 Å². The maximum atomic E-state index is 13.6. The first kappa shape index (κ1) is 22.7. The second kappa shape index (κ2) is 10.1. The highest BCUT2D eigenvalue weighted by atomic mass is 32.1. The molecule has 2 N–H and O–H groups in total. The number of hydrogen-bond acceptors (Lipinski definition) is 3. The van der Waals surface area contributed by atoms with E-state index in [-0.39, 0.29) is 30.2 Å². The summed E-state index contributed by atoms with van der Waals surface area (Å²) in [4.78, 5) is 19.3. The predicted octanol–water partition coefficient (Wildman–Crippen LogP) is 5.01. The van der Waals surface area contributed by atoms with Crippen molar-refractivity contribution in [3.05, 3.63) is 115 Å². The quantitative estimate of drug-likeness (QED) is 0.360. The van der Waals surface area contributed by atoms with Gasteiger partial charge in [-0.2, -0.15) is 0 Å². The maximum absolute atomic E-state index is 13.6. The lowest BCUT2D eigenvalue weighted by atomic mass is 10.0. The SMILES string of the molecule is O=C(CCN1C(=S)N[C@@H](c2ccccn2)[C@@H]1c1cccn1-c1ccc(F)cc1)Nc1ccccc1. The fourth-order valence-corrected chi connectivity index (χ4v) is 4.74. The highest BCUT2D eigenvalue weighted by Crippen LogP contribution is 2.39. The van der Waals surface area contributed by atoms with Gasteiger partial charge in [-0.15, -0.1) is 0 Å². The summed E-state index contributed by atoms with van der Waals surface area (Å²) in [5.74, 6) is -0.378. The van der Waals surface area contributed by atoms with Crippen molar-refractivity contribution in [1.82, 2.24) is 19.8 Å². The second-order valence-electron chi connectivity index (χ2n) is 8.26. The smallest absolute Gasteiger partial charge is 0.226 e. The minimum Gasteiger partial charge on any atom is -0.352 e. The number of hydrogen-bond donors (Lipinski definition) is 2. The van der Waals surface area contributed by atoms with Crippen LogP contribution in [-0.2, 0) is 4.79 Å². The molecule has 0 bridgehead atoms. The molecule has 0 radical (unpaired) electrons. The van der Waals surface area contributed by atoms with Crippen LogP contribution in [0.5, 0.6) is 0 Å². The van der Waals surface area contributed by atoms with Crippen LogP contribution in [0.2, 0.25) is 0 Å². The third-order valence-electron chi connectivity index (χ3n) is 6.02. The molecule has 0 unspecified atom stereocenters. The van der Waals surface area contributed by atoms with E-state index in [0.717, 1.165) is 22.8 Å². The standard InChI is InChI=1S/C27H24FN5OS/c28-19-11-13-21(14-12-19)32-17-6-10-23(32)26-25(22-9-4-5-16-29-22)31-27(35)33(26)18-15-24(34)30-20-7-2-1-3-8-20/h1-14,16-17,25-26H,15,18H2,(H,30,34)(H,31,35)/t25-,26-/m0/s1. The fourth-order valence-electron chi connectivity index (χ4n) is 4.41. The van der Waals surface area contributed by atoms with Gasteiger partial charge in [-0.25, -0.2) is 4.39 Å². The molecule has 1 aliphatic rings. The van der Waals surface area contributed by atoms with Crippen LogP contribution in [0.1, 0.15) is 29.9 Å². The number of aromatic nitrogens is 2. The summed E-state index contributed by atoms with van der Waals surface area (Å²) < 4.78 is 15.6. The van der Waals surface area contributed by atoms with Gasteiger partial charge >= 0.3 is 0 Å². The van der Waals surface area contributed by atoms with Gasteiger partial charge in [0.15, 0.2) is 5.11 Å². The topological polar surface area (TPSA) is 62.2 Å². The Morgan fingerprint density at radius 3 is 2.51 bits per heavy atom. The van der Waals surface area contributed by atoms with E-state index in [1.165, 1.54) is 12.1 Å². The van der Waals surface area contributed by atoms with E-state index in [0.29, 0.717) is 11.7 Å². The van der Waals surface area contributed by atoms with Gasteiger partial charge in [-0.05, 0) is 72.9 Å². The Morgan fingerprint density at radius 1 is 1.00 bits per heavy atom. The van der Waals surface area contributed by atoms with Gasteiger partial charge in [0.1, 0.15) is 5.82 Å². The summed E-state index contributed by atoms with van der Waals surface area (Å²) in [6.45, 7) is 0.424.